The number of benzene rings is 2. The molecular weight excluding hydrogens is 480 g/mol. The first-order valence-electron chi connectivity index (χ1n) is 9.42. The molecule has 0 saturated carbocycles. The Morgan fingerprint density at radius 3 is 2.58 bits per heavy atom. The molecule has 2 aromatic carbocycles. The van der Waals surface area contributed by atoms with E-state index in [4.69, 9.17) is 17.3 Å². The van der Waals surface area contributed by atoms with Gasteiger partial charge in [-0.2, -0.15) is 13.2 Å². The number of carbonyl (C=O) groups excluding carboxylic acids is 1. The molecule has 0 aliphatic rings. The molecular formula is C23H17ClF4N2O2S. The third-order valence-electron chi connectivity index (χ3n) is 4.44. The van der Waals surface area contributed by atoms with Crippen LogP contribution in [0.5, 0.6) is 0 Å². The Hall–Kier alpha value is -3.17. The van der Waals surface area contributed by atoms with E-state index in [1.165, 1.54) is 31.4 Å². The van der Waals surface area contributed by atoms with Crippen LogP contribution in [0.4, 0.5) is 23.2 Å². The normalized spacial score (nSPS) is 12.7. The summed E-state index contributed by atoms with van der Waals surface area (Å²) < 4.78 is 58.4. The lowest BCUT2D eigenvalue weighted by atomic mass is 10.1. The van der Waals surface area contributed by atoms with Crippen LogP contribution >= 0.6 is 22.9 Å². The zero-order valence-electron chi connectivity index (χ0n) is 17.1. The predicted molar refractivity (Wildman–Crippen MR) is 121 cm³/mol. The average molecular weight is 497 g/mol. The van der Waals surface area contributed by atoms with Crippen molar-refractivity contribution in [2.45, 2.75) is 12.6 Å². The molecule has 1 heterocycles. The third-order valence-corrected chi connectivity index (χ3v) is 5.90. The molecule has 33 heavy (non-hydrogen) atoms. The topological polar surface area (TPSA) is 64.7 Å². The molecule has 0 amide bonds. The molecule has 0 saturated heterocycles. The number of hydrogen-bond donors (Lipinski definition) is 1. The molecule has 0 fully saturated rings. The van der Waals surface area contributed by atoms with Gasteiger partial charge < -0.3 is 10.5 Å². The van der Waals surface area contributed by atoms with E-state index in [1.807, 2.05) is 0 Å². The van der Waals surface area contributed by atoms with Gasteiger partial charge in [-0.1, -0.05) is 29.8 Å². The van der Waals surface area contributed by atoms with Gasteiger partial charge in [-0.15, -0.1) is 11.3 Å². The van der Waals surface area contributed by atoms with Crippen LogP contribution in [0.3, 0.4) is 0 Å². The van der Waals surface area contributed by atoms with Crippen molar-refractivity contribution in [1.82, 2.24) is 0 Å². The molecule has 0 aliphatic heterocycles. The van der Waals surface area contributed by atoms with E-state index >= 15 is 0 Å². The number of alkyl halides is 3. The first kappa shape index (κ1) is 24.5. The van der Waals surface area contributed by atoms with Gasteiger partial charge in [-0.25, -0.2) is 9.38 Å². The lowest BCUT2D eigenvalue weighted by molar-refractivity contribution is -0.139. The number of ether oxygens (including phenoxy) is 1. The number of aliphatic imine (C=N–C) groups is 1. The summed E-state index contributed by atoms with van der Waals surface area (Å²) in [4.78, 5) is 16.6. The van der Waals surface area contributed by atoms with Gasteiger partial charge in [0.05, 0.1) is 34.8 Å². The number of hydrogen-bond acceptors (Lipinski definition) is 5. The second kappa shape index (κ2) is 10.2. The van der Waals surface area contributed by atoms with Crippen molar-refractivity contribution in [1.29, 1.82) is 0 Å². The number of nitrogens with two attached hydrogens (primary N) is 1. The van der Waals surface area contributed by atoms with Crippen LogP contribution in [-0.4, -0.2) is 25.0 Å². The quantitative estimate of drug-likeness (QED) is 0.242. The van der Waals surface area contributed by atoms with E-state index in [2.05, 4.69) is 9.73 Å². The third kappa shape index (κ3) is 6.21. The summed E-state index contributed by atoms with van der Waals surface area (Å²) in [6.07, 6.45) is -4.09. The number of carbonyl (C=O) groups is 1. The van der Waals surface area contributed by atoms with Gasteiger partial charge in [0.1, 0.15) is 11.5 Å². The highest BCUT2D eigenvalue weighted by molar-refractivity contribution is 7.17. The van der Waals surface area contributed by atoms with Crippen molar-refractivity contribution >= 4 is 40.3 Å². The Morgan fingerprint density at radius 2 is 1.91 bits per heavy atom. The van der Waals surface area contributed by atoms with Gasteiger partial charge >= 0.3 is 12.1 Å². The number of rotatable bonds is 6. The van der Waals surface area contributed by atoms with Crippen molar-refractivity contribution in [3.63, 3.8) is 0 Å². The number of halogens is 5. The fourth-order valence-electron chi connectivity index (χ4n) is 2.79. The van der Waals surface area contributed by atoms with Crippen LogP contribution < -0.4 is 5.73 Å². The number of allylic oxidation sites excluding steroid dienone is 2. The van der Waals surface area contributed by atoms with E-state index in [-0.39, 0.29) is 28.4 Å². The highest BCUT2D eigenvalue weighted by atomic mass is 35.5. The van der Waals surface area contributed by atoms with Gasteiger partial charge in [0.25, 0.3) is 0 Å². The van der Waals surface area contributed by atoms with Crippen LogP contribution in [0.25, 0.3) is 10.4 Å². The Labute approximate surface area is 196 Å². The SMILES string of the molecule is COC(=O)Cc1ccc(F)c(-c2ccc(C(C=C(N)C(F)(F)F)=Nc3ccccc3Cl)s2)c1. The highest BCUT2D eigenvalue weighted by Crippen LogP contribution is 2.34. The maximum atomic E-state index is 14.5. The number of para-hydroxylation sites is 1. The highest BCUT2D eigenvalue weighted by Gasteiger charge is 2.32. The molecule has 172 valence electrons. The molecule has 0 atom stereocenters. The fourth-order valence-corrected chi connectivity index (χ4v) is 3.95. The largest absolute Gasteiger partial charge is 0.469 e. The number of nitrogens with zero attached hydrogens (tertiary/aromatic N) is 1. The van der Waals surface area contributed by atoms with Crippen LogP contribution in [0.15, 0.2) is 71.4 Å². The van der Waals surface area contributed by atoms with Crippen molar-refractivity contribution < 1.29 is 27.1 Å². The minimum absolute atomic E-state index is 0.0495. The van der Waals surface area contributed by atoms with Gasteiger partial charge in [0.15, 0.2) is 0 Å². The summed E-state index contributed by atoms with van der Waals surface area (Å²) in [5.74, 6) is -1.03. The average Bonchev–Trinajstić information content (AvgIpc) is 3.25. The smallest absolute Gasteiger partial charge is 0.430 e. The fraction of sp³-hybridized carbons (Fsp3) is 0.130. The predicted octanol–water partition coefficient (Wildman–Crippen LogP) is 6.45. The lowest BCUT2D eigenvalue weighted by Gasteiger charge is -2.08. The van der Waals surface area contributed by atoms with Gasteiger partial charge in [0, 0.05) is 10.4 Å². The second-order valence-corrected chi connectivity index (χ2v) is 8.27. The zero-order chi connectivity index (χ0) is 24.2. The Balaban J connectivity index is 2.07. The van der Waals surface area contributed by atoms with E-state index < -0.39 is 23.7 Å². The molecule has 1 aromatic heterocycles. The van der Waals surface area contributed by atoms with E-state index in [1.54, 1.807) is 30.3 Å². The number of thiophene rings is 1. The molecule has 0 bridgehead atoms. The van der Waals surface area contributed by atoms with Gasteiger partial charge in [-0.05, 0) is 48.0 Å². The first-order chi connectivity index (χ1) is 15.6. The number of esters is 1. The van der Waals surface area contributed by atoms with Gasteiger partial charge in [-0.3, -0.25) is 4.79 Å². The van der Waals surface area contributed by atoms with Crippen LogP contribution in [0.2, 0.25) is 5.02 Å². The van der Waals surface area contributed by atoms with E-state index in [0.717, 1.165) is 11.3 Å². The minimum Gasteiger partial charge on any atom is -0.469 e. The van der Waals surface area contributed by atoms with Crippen LogP contribution in [-0.2, 0) is 16.0 Å². The summed E-state index contributed by atoms with van der Waals surface area (Å²) in [5, 5.41) is 0.243. The van der Waals surface area contributed by atoms with Gasteiger partial charge in [0.2, 0.25) is 0 Å². The molecule has 3 aromatic rings. The molecule has 4 nitrogen and oxygen atoms in total. The molecule has 0 aliphatic carbocycles. The van der Waals surface area contributed by atoms with Crippen molar-refractivity contribution in [3.8, 4) is 10.4 Å². The Morgan fingerprint density at radius 1 is 1.18 bits per heavy atom. The monoisotopic (exact) mass is 496 g/mol. The lowest BCUT2D eigenvalue weighted by Crippen LogP contribution is -2.20. The summed E-state index contributed by atoms with van der Waals surface area (Å²) in [6, 6.07) is 13.6. The molecule has 0 spiro atoms. The van der Waals surface area contributed by atoms with Crippen LogP contribution in [0, 0.1) is 5.82 Å². The second-order valence-electron chi connectivity index (χ2n) is 6.78. The molecule has 3 rings (SSSR count). The van der Waals surface area contributed by atoms with Crippen molar-refractivity contribution in [2.75, 3.05) is 7.11 Å². The van der Waals surface area contributed by atoms with Crippen molar-refractivity contribution in [2.24, 2.45) is 10.7 Å². The van der Waals surface area contributed by atoms with E-state index in [9.17, 15) is 22.4 Å². The van der Waals surface area contributed by atoms with Crippen molar-refractivity contribution in [3.05, 3.63) is 87.7 Å². The minimum atomic E-state index is -4.75. The molecule has 0 unspecified atom stereocenters. The summed E-state index contributed by atoms with van der Waals surface area (Å²) in [5.41, 5.74) is 4.77. The maximum Gasteiger partial charge on any atom is 0.430 e. The first-order valence-corrected chi connectivity index (χ1v) is 10.6. The maximum absolute atomic E-state index is 14.5. The molecule has 10 heteroatoms. The van der Waals surface area contributed by atoms with Crippen LogP contribution in [0.1, 0.15) is 10.4 Å². The Bertz CT molecular complexity index is 1240. The molecule has 2 N–H and O–H groups in total. The Kier molecular flexibility index (Phi) is 7.55. The standard InChI is InChI=1S/C23H17ClF4N2O2S/c1-32-22(31)11-13-6-7-16(25)14(10-13)19-8-9-20(33-19)18(12-21(29)23(26,27)28)30-17-5-3-2-4-15(17)24/h2-10,12H,11,29H2,1H3. The summed E-state index contributed by atoms with van der Waals surface area (Å²) >= 11 is 7.13. The summed E-state index contributed by atoms with van der Waals surface area (Å²) in [6.45, 7) is 0. The number of methoxy groups -OCH3 is 1. The molecule has 0 radical (unpaired) electrons. The summed E-state index contributed by atoms with van der Waals surface area (Å²) in [7, 11) is 1.25. The zero-order valence-corrected chi connectivity index (χ0v) is 18.7. The van der Waals surface area contributed by atoms with E-state index in [0.29, 0.717) is 21.4 Å².